The lowest BCUT2D eigenvalue weighted by Crippen LogP contribution is -2.54. The summed E-state index contributed by atoms with van der Waals surface area (Å²) in [5.41, 5.74) is 2.74. The van der Waals surface area contributed by atoms with E-state index in [1.165, 1.54) is 0 Å². The number of likely N-dealkylation sites (tertiary alicyclic amines) is 1. The Morgan fingerprint density at radius 2 is 1.93 bits per heavy atom. The first kappa shape index (κ1) is 21.0. The molecule has 0 saturated carbocycles. The summed E-state index contributed by atoms with van der Waals surface area (Å²) in [6, 6.07) is 12.3. The van der Waals surface area contributed by atoms with Gasteiger partial charge in [-0.1, -0.05) is 37.3 Å². The Morgan fingerprint density at radius 3 is 2.59 bits per heavy atom. The number of benzene rings is 1. The zero-order valence-corrected chi connectivity index (χ0v) is 17.5. The quantitative estimate of drug-likeness (QED) is 0.777. The van der Waals surface area contributed by atoms with Gasteiger partial charge in [0.15, 0.2) is 0 Å². The van der Waals surface area contributed by atoms with Gasteiger partial charge in [-0.3, -0.25) is 14.6 Å². The Hall–Kier alpha value is -2.69. The van der Waals surface area contributed by atoms with E-state index in [4.69, 9.17) is 0 Å². The molecule has 1 aliphatic heterocycles. The molecule has 29 heavy (non-hydrogen) atoms. The van der Waals surface area contributed by atoms with Gasteiger partial charge in [0.2, 0.25) is 11.8 Å². The van der Waals surface area contributed by atoms with Gasteiger partial charge in [-0.05, 0) is 55.4 Å². The first-order valence-electron chi connectivity index (χ1n) is 10.6. The molecule has 1 aromatic heterocycles. The minimum absolute atomic E-state index is 0.0605. The van der Waals surface area contributed by atoms with Crippen LogP contribution in [0.1, 0.15) is 45.1 Å². The van der Waals surface area contributed by atoms with E-state index in [9.17, 15) is 9.59 Å². The van der Waals surface area contributed by atoms with Crippen molar-refractivity contribution in [1.29, 1.82) is 0 Å². The molecule has 1 atom stereocenters. The molecule has 0 spiro atoms. The van der Waals surface area contributed by atoms with Crippen LogP contribution in [0, 0.1) is 5.41 Å². The van der Waals surface area contributed by atoms with Crippen LogP contribution in [-0.2, 0) is 16.0 Å². The minimum atomic E-state index is -0.562. The van der Waals surface area contributed by atoms with Crippen LogP contribution < -0.4 is 5.32 Å². The predicted octanol–water partition coefficient (Wildman–Crippen LogP) is 3.84. The number of hydrogen-bond donors (Lipinski definition) is 1. The SMILES string of the molecule is CCCC(=O)N1CCCC(Cc2ccc(-c3cccnc3)cc2)(C(=O)NCC)C1. The van der Waals surface area contributed by atoms with Crippen LogP contribution in [0.4, 0.5) is 0 Å². The number of piperidine rings is 1. The van der Waals surface area contributed by atoms with Gasteiger partial charge in [-0.15, -0.1) is 0 Å². The van der Waals surface area contributed by atoms with Gasteiger partial charge in [-0.25, -0.2) is 0 Å². The zero-order valence-electron chi connectivity index (χ0n) is 17.5. The smallest absolute Gasteiger partial charge is 0.228 e. The average molecular weight is 394 g/mol. The Morgan fingerprint density at radius 1 is 1.14 bits per heavy atom. The lowest BCUT2D eigenvalue weighted by molar-refractivity contribution is -0.141. The molecule has 1 aliphatic rings. The highest BCUT2D eigenvalue weighted by molar-refractivity contribution is 5.85. The van der Waals surface area contributed by atoms with E-state index in [1.54, 1.807) is 6.20 Å². The van der Waals surface area contributed by atoms with Crippen LogP contribution in [0.2, 0.25) is 0 Å². The average Bonchev–Trinajstić information content (AvgIpc) is 2.75. The standard InChI is InChI=1S/C24H31N3O2/c1-3-7-22(28)27-15-6-13-24(18-27,23(29)26-4-2)16-19-9-11-20(12-10-19)21-8-5-14-25-17-21/h5,8-12,14,17H,3-4,6-7,13,15-16,18H2,1-2H3,(H,26,29). The highest BCUT2D eigenvalue weighted by Crippen LogP contribution is 2.35. The third-order valence-corrected chi connectivity index (χ3v) is 5.70. The number of amides is 2. The van der Waals surface area contributed by atoms with Gasteiger partial charge in [0.25, 0.3) is 0 Å². The maximum atomic E-state index is 13.1. The van der Waals surface area contributed by atoms with Gasteiger partial charge in [0.05, 0.1) is 5.41 Å². The number of nitrogens with zero attached hydrogens (tertiary/aromatic N) is 2. The number of nitrogens with one attached hydrogen (secondary N) is 1. The second-order valence-electron chi connectivity index (χ2n) is 7.92. The van der Waals surface area contributed by atoms with E-state index in [2.05, 4.69) is 34.6 Å². The van der Waals surface area contributed by atoms with E-state index < -0.39 is 5.41 Å². The molecule has 1 saturated heterocycles. The third kappa shape index (κ3) is 5.03. The normalized spacial score (nSPS) is 19.0. The minimum Gasteiger partial charge on any atom is -0.356 e. The van der Waals surface area contributed by atoms with Crippen molar-refractivity contribution < 1.29 is 9.59 Å². The summed E-state index contributed by atoms with van der Waals surface area (Å²) in [6.45, 7) is 5.81. The van der Waals surface area contributed by atoms with Gasteiger partial charge >= 0.3 is 0 Å². The third-order valence-electron chi connectivity index (χ3n) is 5.70. The number of aromatic nitrogens is 1. The van der Waals surface area contributed by atoms with Gasteiger partial charge in [-0.2, -0.15) is 0 Å². The monoisotopic (exact) mass is 393 g/mol. The summed E-state index contributed by atoms with van der Waals surface area (Å²) < 4.78 is 0. The molecule has 5 nitrogen and oxygen atoms in total. The predicted molar refractivity (Wildman–Crippen MR) is 115 cm³/mol. The molecule has 0 aliphatic carbocycles. The van der Waals surface area contributed by atoms with Gasteiger partial charge in [0, 0.05) is 38.4 Å². The molecular formula is C24H31N3O2. The molecule has 2 aromatic rings. The fourth-order valence-corrected chi connectivity index (χ4v) is 4.21. The highest BCUT2D eigenvalue weighted by atomic mass is 16.2. The number of rotatable bonds is 7. The van der Waals surface area contributed by atoms with Crippen molar-refractivity contribution in [2.45, 2.75) is 46.0 Å². The maximum Gasteiger partial charge on any atom is 0.228 e. The summed E-state index contributed by atoms with van der Waals surface area (Å²) in [7, 11) is 0. The summed E-state index contributed by atoms with van der Waals surface area (Å²) >= 11 is 0. The Balaban J connectivity index is 1.82. The number of pyridine rings is 1. The summed E-state index contributed by atoms with van der Waals surface area (Å²) in [5.74, 6) is 0.220. The Labute approximate surface area is 173 Å². The van der Waals surface area contributed by atoms with Crippen LogP contribution in [0.3, 0.4) is 0 Å². The highest BCUT2D eigenvalue weighted by Gasteiger charge is 2.43. The van der Waals surface area contributed by atoms with Crippen molar-refractivity contribution in [2.75, 3.05) is 19.6 Å². The van der Waals surface area contributed by atoms with Crippen LogP contribution in [-0.4, -0.2) is 41.3 Å². The molecule has 2 amide bonds. The lowest BCUT2D eigenvalue weighted by atomic mass is 9.74. The molecule has 5 heteroatoms. The lowest BCUT2D eigenvalue weighted by Gasteiger charge is -2.42. The number of carbonyl (C=O) groups excluding carboxylic acids is 2. The number of hydrogen-bond acceptors (Lipinski definition) is 3. The molecule has 1 fully saturated rings. The van der Waals surface area contributed by atoms with Crippen molar-refractivity contribution in [3.63, 3.8) is 0 Å². The first-order chi connectivity index (χ1) is 14.1. The van der Waals surface area contributed by atoms with Crippen molar-refractivity contribution in [3.8, 4) is 11.1 Å². The maximum absolute atomic E-state index is 13.1. The molecular weight excluding hydrogens is 362 g/mol. The summed E-state index contributed by atoms with van der Waals surface area (Å²) in [6.07, 6.45) is 7.30. The van der Waals surface area contributed by atoms with Gasteiger partial charge < -0.3 is 10.2 Å². The summed E-state index contributed by atoms with van der Waals surface area (Å²) in [5, 5.41) is 3.02. The molecule has 1 aromatic carbocycles. The van der Waals surface area contributed by atoms with Crippen LogP contribution in [0.15, 0.2) is 48.8 Å². The zero-order chi connectivity index (χ0) is 20.7. The van der Waals surface area contributed by atoms with E-state index in [1.807, 2.05) is 37.1 Å². The molecule has 154 valence electrons. The van der Waals surface area contributed by atoms with Crippen molar-refractivity contribution in [2.24, 2.45) is 5.41 Å². The van der Waals surface area contributed by atoms with E-state index >= 15 is 0 Å². The topological polar surface area (TPSA) is 62.3 Å². The molecule has 3 rings (SSSR count). The fourth-order valence-electron chi connectivity index (χ4n) is 4.21. The molecule has 0 radical (unpaired) electrons. The molecule has 0 bridgehead atoms. The van der Waals surface area contributed by atoms with Crippen LogP contribution >= 0.6 is 0 Å². The molecule has 1 N–H and O–H groups in total. The van der Waals surface area contributed by atoms with Crippen molar-refractivity contribution in [1.82, 2.24) is 15.2 Å². The second kappa shape index (κ2) is 9.68. The van der Waals surface area contributed by atoms with E-state index in [0.717, 1.165) is 42.5 Å². The van der Waals surface area contributed by atoms with E-state index in [-0.39, 0.29) is 11.8 Å². The number of carbonyl (C=O) groups is 2. The molecule has 2 heterocycles. The molecule has 1 unspecified atom stereocenters. The van der Waals surface area contributed by atoms with Crippen molar-refractivity contribution >= 4 is 11.8 Å². The Kier molecular flexibility index (Phi) is 7.02. The van der Waals surface area contributed by atoms with Crippen LogP contribution in [0.25, 0.3) is 11.1 Å². The van der Waals surface area contributed by atoms with Gasteiger partial charge in [0.1, 0.15) is 0 Å². The fraction of sp³-hybridized carbons (Fsp3) is 0.458. The second-order valence-corrected chi connectivity index (χ2v) is 7.92. The largest absolute Gasteiger partial charge is 0.356 e. The van der Waals surface area contributed by atoms with Crippen LogP contribution in [0.5, 0.6) is 0 Å². The summed E-state index contributed by atoms with van der Waals surface area (Å²) in [4.78, 5) is 31.7. The van der Waals surface area contributed by atoms with E-state index in [0.29, 0.717) is 25.9 Å². The first-order valence-corrected chi connectivity index (χ1v) is 10.6. The van der Waals surface area contributed by atoms with Crippen molar-refractivity contribution in [3.05, 3.63) is 54.4 Å². The Bertz CT molecular complexity index is 820.